The minimum Gasteiger partial charge on any atom is -0.309 e. The van der Waals surface area contributed by atoms with Crippen molar-refractivity contribution in [3.8, 4) is 0 Å². The lowest BCUT2D eigenvalue weighted by molar-refractivity contribution is 0.282. The molecular weight excluding hydrogens is 290 g/mol. The van der Waals surface area contributed by atoms with E-state index >= 15 is 0 Å². The third-order valence-corrected chi connectivity index (χ3v) is 5.28. The van der Waals surface area contributed by atoms with E-state index in [1.807, 2.05) is 0 Å². The molecule has 0 aliphatic rings. The topological polar surface area (TPSA) is 12.0 Å². The van der Waals surface area contributed by atoms with Gasteiger partial charge in [-0.1, -0.05) is 104 Å². The Kier molecular flexibility index (Phi) is 16.4. The second kappa shape index (κ2) is 16.4. The number of hydrogen-bond donors (Lipinski definition) is 1. The zero-order chi connectivity index (χ0) is 18.1. The lowest BCUT2D eigenvalue weighted by Crippen LogP contribution is -2.45. The molecule has 0 saturated heterocycles. The van der Waals surface area contributed by atoms with Crippen LogP contribution in [0, 0.1) is 0 Å². The third-order valence-electron chi connectivity index (χ3n) is 5.28. The van der Waals surface area contributed by atoms with E-state index in [2.05, 4.69) is 39.9 Å². The van der Waals surface area contributed by atoms with Crippen LogP contribution in [0.1, 0.15) is 137 Å². The number of rotatable bonds is 18. The molecule has 0 aromatic rings. The Balaban J connectivity index is 4.04. The second-order valence-electron chi connectivity index (χ2n) is 8.59. The molecule has 0 rings (SSSR count). The molecule has 0 spiro atoms. The van der Waals surface area contributed by atoms with E-state index in [4.69, 9.17) is 0 Å². The maximum absolute atomic E-state index is 4.00. The molecule has 0 unspecified atom stereocenters. The fraction of sp³-hybridized carbons (Fsp3) is 1.00. The average molecular weight is 340 g/mol. The highest BCUT2D eigenvalue weighted by Gasteiger charge is 2.20. The SMILES string of the molecule is CCCCCCCCC(CCCCCCCC)NC(C)(C)CCC. The lowest BCUT2D eigenvalue weighted by Gasteiger charge is -2.32. The fourth-order valence-corrected chi connectivity index (χ4v) is 3.88. The molecule has 0 aliphatic carbocycles. The summed E-state index contributed by atoms with van der Waals surface area (Å²) in [5.41, 5.74) is 0.309. The Morgan fingerprint density at radius 1 is 0.583 bits per heavy atom. The van der Waals surface area contributed by atoms with Crippen LogP contribution in [0.25, 0.3) is 0 Å². The van der Waals surface area contributed by atoms with Crippen LogP contribution in [-0.4, -0.2) is 11.6 Å². The summed E-state index contributed by atoms with van der Waals surface area (Å²) >= 11 is 0. The van der Waals surface area contributed by atoms with Crippen molar-refractivity contribution in [3.63, 3.8) is 0 Å². The Hall–Kier alpha value is -0.0400. The van der Waals surface area contributed by atoms with E-state index in [0.717, 1.165) is 6.04 Å². The van der Waals surface area contributed by atoms with E-state index in [1.165, 1.54) is 103 Å². The molecule has 0 aromatic heterocycles. The monoisotopic (exact) mass is 339 g/mol. The highest BCUT2D eigenvalue weighted by atomic mass is 15.0. The van der Waals surface area contributed by atoms with Gasteiger partial charge in [0.05, 0.1) is 0 Å². The zero-order valence-corrected chi connectivity index (χ0v) is 17.9. The molecule has 0 atom stereocenters. The van der Waals surface area contributed by atoms with E-state index in [1.54, 1.807) is 0 Å². The van der Waals surface area contributed by atoms with E-state index in [0.29, 0.717) is 5.54 Å². The molecule has 0 aromatic carbocycles. The van der Waals surface area contributed by atoms with Crippen molar-refractivity contribution in [2.45, 2.75) is 149 Å². The van der Waals surface area contributed by atoms with Crippen LogP contribution >= 0.6 is 0 Å². The largest absolute Gasteiger partial charge is 0.309 e. The molecule has 0 heterocycles. The molecule has 1 heteroatoms. The zero-order valence-electron chi connectivity index (χ0n) is 17.9. The van der Waals surface area contributed by atoms with Crippen LogP contribution in [0.3, 0.4) is 0 Å². The molecule has 24 heavy (non-hydrogen) atoms. The van der Waals surface area contributed by atoms with Gasteiger partial charge in [-0.25, -0.2) is 0 Å². The average Bonchev–Trinajstić information content (AvgIpc) is 2.53. The maximum atomic E-state index is 4.00. The highest BCUT2D eigenvalue weighted by molar-refractivity contribution is 4.82. The molecule has 0 radical (unpaired) electrons. The van der Waals surface area contributed by atoms with Gasteiger partial charge in [0.2, 0.25) is 0 Å². The first-order valence-electron chi connectivity index (χ1n) is 11.3. The van der Waals surface area contributed by atoms with Crippen LogP contribution in [0.2, 0.25) is 0 Å². The van der Waals surface area contributed by atoms with Crippen molar-refractivity contribution in [2.75, 3.05) is 0 Å². The first kappa shape index (κ1) is 24.0. The highest BCUT2D eigenvalue weighted by Crippen LogP contribution is 2.19. The molecule has 0 amide bonds. The molecular formula is C23H49N. The first-order chi connectivity index (χ1) is 11.6. The quantitative estimate of drug-likeness (QED) is 0.249. The van der Waals surface area contributed by atoms with Gasteiger partial charge in [0.15, 0.2) is 0 Å². The van der Waals surface area contributed by atoms with Crippen molar-refractivity contribution < 1.29 is 0 Å². The van der Waals surface area contributed by atoms with E-state index in [-0.39, 0.29) is 0 Å². The van der Waals surface area contributed by atoms with Crippen LogP contribution in [0.5, 0.6) is 0 Å². The predicted octanol–water partition coefficient (Wildman–Crippen LogP) is 8.02. The number of nitrogens with one attached hydrogen (secondary N) is 1. The lowest BCUT2D eigenvalue weighted by atomic mass is 9.93. The summed E-state index contributed by atoms with van der Waals surface area (Å²) in [6, 6.07) is 0.740. The van der Waals surface area contributed by atoms with Gasteiger partial charge in [-0.3, -0.25) is 0 Å². The summed E-state index contributed by atoms with van der Waals surface area (Å²) in [5.74, 6) is 0. The van der Waals surface area contributed by atoms with Crippen LogP contribution in [0.4, 0.5) is 0 Å². The Bertz CT molecular complexity index is 230. The molecule has 1 nitrogen and oxygen atoms in total. The molecule has 1 N–H and O–H groups in total. The second-order valence-corrected chi connectivity index (χ2v) is 8.59. The van der Waals surface area contributed by atoms with Crippen LogP contribution < -0.4 is 5.32 Å². The van der Waals surface area contributed by atoms with Gasteiger partial charge in [-0.05, 0) is 33.1 Å². The van der Waals surface area contributed by atoms with Crippen LogP contribution in [-0.2, 0) is 0 Å². The van der Waals surface area contributed by atoms with Crippen molar-refractivity contribution in [2.24, 2.45) is 0 Å². The fourth-order valence-electron chi connectivity index (χ4n) is 3.88. The van der Waals surface area contributed by atoms with Gasteiger partial charge in [0.25, 0.3) is 0 Å². The Morgan fingerprint density at radius 2 is 1.00 bits per heavy atom. The van der Waals surface area contributed by atoms with E-state index in [9.17, 15) is 0 Å². The number of hydrogen-bond acceptors (Lipinski definition) is 1. The third kappa shape index (κ3) is 15.5. The summed E-state index contributed by atoms with van der Waals surface area (Å²) in [4.78, 5) is 0. The Labute approximate surface area is 154 Å². The normalized spacial score (nSPS) is 12.2. The number of unbranched alkanes of at least 4 members (excludes halogenated alkanes) is 10. The molecule has 0 fully saturated rings. The minimum absolute atomic E-state index is 0.309. The van der Waals surface area contributed by atoms with Crippen molar-refractivity contribution >= 4 is 0 Å². The first-order valence-corrected chi connectivity index (χ1v) is 11.3. The van der Waals surface area contributed by atoms with Gasteiger partial charge in [-0.15, -0.1) is 0 Å². The summed E-state index contributed by atoms with van der Waals surface area (Å²) in [6.07, 6.45) is 22.3. The van der Waals surface area contributed by atoms with Crippen LogP contribution in [0.15, 0.2) is 0 Å². The molecule has 0 aliphatic heterocycles. The van der Waals surface area contributed by atoms with Gasteiger partial charge < -0.3 is 5.32 Å². The van der Waals surface area contributed by atoms with Gasteiger partial charge >= 0.3 is 0 Å². The van der Waals surface area contributed by atoms with Crippen molar-refractivity contribution in [1.82, 2.24) is 5.32 Å². The summed E-state index contributed by atoms with van der Waals surface area (Å²) in [6.45, 7) is 11.7. The molecule has 0 bridgehead atoms. The summed E-state index contributed by atoms with van der Waals surface area (Å²) in [7, 11) is 0. The van der Waals surface area contributed by atoms with Gasteiger partial charge in [-0.2, -0.15) is 0 Å². The smallest absolute Gasteiger partial charge is 0.0127 e. The predicted molar refractivity (Wildman–Crippen MR) is 112 cm³/mol. The van der Waals surface area contributed by atoms with Gasteiger partial charge in [0.1, 0.15) is 0 Å². The standard InChI is InChI=1S/C23H49N/c1-6-9-11-13-15-17-19-22(24-23(4,5)21-8-3)20-18-16-14-12-10-7-2/h22,24H,6-21H2,1-5H3. The van der Waals surface area contributed by atoms with Crippen molar-refractivity contribution in [3.05, 3.63) is 0 Å². The molecule has 146 valence electrons. The minimum atomic E-state index is 0.309. The van der Waals surface area contributed by atoms with Crippen molar-refractivity contribution in [1.29, 1.82) is 0 Å². The summed E-state index contributed by atoms with van der Waals surface area (Å²) < 4.78 is 0. The molecule has 0 saturated carbocycles. The van der Waals surface area contributed by atoms with Gasteiger partial charge in [0, 0.05) is 11.6 Å². The van der Waals surface area contributed by atoms with E-state index < -0.39 is 0 Å². The maximum Gasteiger partial charge on any atom is 0.0127 e. The summed E-state index contributed by atoms with van der Waals surface area (Å²) in [5, 5.41) is 4.00. The Morgan fingerprint density at radius 3 is 1.42 bits per heavy atom.